The van der Waals surface area contributed by atoms with Crippen LogP contribution in [-0.4, -0.2) is 46.0 Å². The average Bonchev–Trinajstić information content (AvgIpc) is 3.22. The quantitative estimate of drug-likeness (QED) is 0.500. The second-order valence-corrected chi connectivity index (χ2v) is 9.15. The summed E-state index contributed by atoms with van der Waals surface area (Å²) in [6, 6.07) is 13.3. The summed E-state index contributed by atoms with van der Waals surface area (Å²) in [5.41, 5.74) is 1.89. The summed E-state index contributed by atoms with van der Waals surface area (Å²) in [6.07, 6.45) is 2.28. The number of benzene rings is 2. The van der Waals surface area contributed by atoms with Crippen molar-refractivity contribution in [1.82, 2.24) is 19.8 Å². The van der Waals surface area contributed by atoms with Crippen molar-refractivity contribution in [3.05, 3.63) is 73.2 Å². The smallest absolute Gasteiger partial charge is 0.262 e. The highest BCUT2D eigenvalue weighted by Gasteiger charge is 2.23. The van der Waals surface area contributed by atoms with E-state index in [0.29, 0.717) is 40.4 Å². The molecule has 0 radical (unpaired) electrons. The fourth-order valence-corrected chi connectivity index (χ4v) is 4.92. The number of amides is 1. The number of fused-ring (bicyclic) bond motifs is 1. The molecule has 0 saturated carbocycles. The molecule has 6 nitrogen and oxygen atoms in total. The lowest BCUT2D eigenvalue weighted by Gasteiger charge is -2.22. The van der Waals surface area contributed by atoms with Gasteiger partial charge in [0.15, 0.2) is 4.77 Å². The fraction of sp³-hybridized carbons (Fsp3) is 0.348. The van der Waals surface area contributed by atoms with Gasteiger partial charge in [0, 0.05) is 22.6 Å². The van der Waals surface area contributed by atoms with Gasteiger partial charge in [0.2, 0.25) is 0 Å². The third kappa shape index (κ3) is 4.81. The molecular formula is C23H25BrN4O2S. The number of carbonyl (C=O) groups is 1. The van der Waals surface area contributed by atoms with Crippen molar-refractivity contribution >= 4 is 45.0 Å². The Morgan fingerprint density at radius 1 is 1.29 bits per heavy atom. The van der Waals surface area contributed by atoms with E-state index in [1.807, 2.05) is 24.3 Å². The van der Waals surface area contributed by atoms with E-state index in [0.717, 1.165) is 29.5 Å². The molecule has 2 heterocycles. The molecule has 8 heteroatoms. The van der Waals surface area contributed by atoms with E-state index in [2.05, 4.69) is 38.1 Å². The molecule has 0 bridgehead atoms. The van der Waals surface area contributed by atoms with Crippen molar-refractivity contribution in [2.75, 3.05) is 19.6 Å². The standard InChI is InChI=1S/C23H25BrN4O2S/c1-2-27-10-4-7-18(27)13-25-21(29)16-8-9-19-20(12-16)26-23(31)28(22(19)30)14-15-5-3-6-17(24)11-15/h3,5-6,8-9,11-12,18H,2,4,7,10,13-14H2,1H3,(H,25,29)(H,26,31)/t18-/m1/s1. The van der Waals surface area contributed by atoms with Crippen LogP contribution < -0.4 is 10.9 Å². The first-order valence-electron chi connectivity index (χ1n) is 10.5. The van der Waals surface area contributed by atoms with Crippen LogP contribution in [0.4, 0.5) is 0 Å². The molecule has 0 unspecified atom stereocenters. The minimum Gasteiger partial charge on any atom is -0.350 e. The predicted octanol–water partition coefficient (Wildman–Crippen LogP) is 4.08. The molecule has 3 aromatic rings. The highest BCUT2D eigenvalue weighted by molar-refractivity contribution is 9.10. The van der Waals surface area contributed by atoms with Gasteiger partial charge in [-0.05, 0) is 74.0 Å². The number of rotatable bonds is 6. The number of likely N-dealkylation sites (N-methyl/N-ethyl adjacent to an activating group) is 1. The van der Waals surface area contributed by atoms with Gasteiger partial charge in [0.1, 0.15) is 0 Å². The Morgan fingerprint density at radius 2 is 2.13 bits per heavy atom. The number of hydrogen-bond donors (Lipinski definition) is 2. The van der Waals surface area contributed by atoms with Gasteiger partial charge in [-0.2, -0.15) is 0 Å². The normalized spacial score (nSPS) is 16.6. The zero-order chi connectivity index (χ0) is 22.0. The van der Waals surface area contributed by atoms with Crippen molar-refractivity contribution in [3.63, 3.8) is 0 Å². The maximum absolute atomic E-state index is 13.0. The zero-order valence-electron chi connectivity index (χ0n) is 17.4. The maximum atomic E-state index is 13.0. The zero-order valence-corrected chi connectivity index (χ0v) is 19.8. The molecule has 2 N–H and O–H groups in total. The summed E-state index contributed by atoms with van der Waals surface area (Å²) >= 11 is 8.90. The number of aromatic nitrogens is 2. The van der Waals surface area contributed by atoms with Crippen molar-refractivity contribution in [2.45, 2.75) is 32.4 Å². The van der Waals surface area contributed by atoms with Gasteiger partial charge in [-0.1, -0.05) is 35.0 Å². The molecule has 1 aromatic heterocycles. The predicted molar refractivity (Wildman–Crippen MR) is 129 cm³/mol. The third-order valence-electron chi connectivity index (χ3n) is 5.88. The molecule has 2 aromatic carbocycles. The molecule has 1 saturated heterocycles. The van der Waals surface area contributed by atoms with Crippen molar-refractivity contribution < 1.29 is 4.79 Å². The number of nitrogens with one attached hydrogen (secondary N) is 2. The van der Waals surface area contributed by atoms with Crippen LogP contribution >= 0.6 is 28.1 Å². The van der Waals surface area contributed by atoms with Crippen LogP contribution in [0, 0.1) is 4.77 Å². The highest BCUT2D eigenvalue weighted by Crippen LogP contribution is 2.17. The van der Waals surface area contributed by atoms with Crippen LogP contribution in [0.5, 0.6) is 0 Å². The van der Waals surface area contributed by atoms with E-state index in [1.165, 1.54) is 6.42 Å². The van der Waals surface area contributed by atoms with Gasteiger partial charge in [0.25, 0.3) is 11.5 Å². The van der Waals surface area contributed by atoms with E-state index in [4.69, 9.17) is 12.2 Å². The minimum absolute atomic E-state index is 0.137. The molecule has 1 amide bonds. The Morgan fingerprint density at radius 3 is 2.90 bits per heavy atom. The molecule has 1 atom stereocenters. The van der Waals surface area contributed by atoms with Crippen LogP contribution in [0.3, 0.4) is 0 Å². The molecule has 0 aliphatic carbocycles. The lowest BCUT2D eigenvalue weighted by Crippen LogP contribution is -2.40. The summed E-state index contributed by atoms with van der Waals surface area (Å²) in [5.74, 6) is -0.137. The third-order valence-corrected chi connectivity index (χ3v) is 6.69. The first-order chi connectivity index (χ1) is 15.0. The molecule has 1 aliphatic heterocycles. The summed E-state index contributed by atoms with van der Waals surface area (Å²) in [5, 5.41) is 3.55. The van der Waals surface area contributed by atoms with Gasteiger partial charge in [-0.3, -0.25) is 19.1 Å². The second kappa shape index (κ2) is 9.46. The van der Waals surface area contributed by atoms with E-state index in [9.17, 15) is 9.59 Å². The summed E-state index contributed by atoms with van der Waals surface area (Å²) in [7, 11) is 0. The number of hydrogen-bond acceptors (Lipinski definition) is 4. The van der Waals surface area contributed by atoms with Crippen LogP contribution in [0.25, 0.3) is 10.9 Å². The van der Waals surface area contributed by atoms with E-state index in [1.54, 1.807) is 22.8 Å². The summed E-state index contributed by atoms with van der Waals surface area (Å²) < 4.78 is 2.82. The lowest BCUT2D eigenvalue weighted by molar-refractivity contribution is 0.0941. The van der Waals surface area contributed by atoms with Gasteiger partial charge in [-0.15, -0.1) is 0 Å². The van der Waals surface area contributed by atoms with Crippen LogP contribution in [-0.2, 0) is 6.54 Å². The molecule has 1 fully saturated rings. The Balaban J connectivity index is 1.56. The Kier molecular flexibility index (Phi) is 6.69. The van der Waals surface area contributed by atoms with Crippen LogP contribution in [0.2, 0.25) is 0 Å². The number of likely N-dealkylation sites (tertiary alicyclic amines) is 1. The van der Waals surface area contributed by atoms with Gasteiger partial charge in [-0.25, -0.2) is 0 Å². The first kappa shape index (κ1) is 21.9. The monoisotopic (exact) mass is 500 g/mol. The van der Waals surface area contributed by atoms with Crippen LogP contribution in [0.1, 0.15) is 35.7 Å². The van der Waals surface area contributed by atoms with E-state index >= 15 is 0 Å². The van der Waals surface area contributed by atoms with E-state index in [-0.39, 0.29) is 11.5 Å². The Bertz CT molecular complexity index is 1240. The number of nitrogens with zero attached hydrogens (tertiary/aromatic N) is 2. The largest absolute Gasteiger partial charge is 0.350 e. The van der Waals surface area contributed by atoms with Crippen molar-refractivity contribution in [3.8, 4) is 0 Å². The molecular weight excluding hydrogens is 476 g/mol. The molecule has 162 valence electrons. The Labute approximate surface area is 194 Å². The van der Waals surface area contributed by atoms with Crippen LogP contribution in [0.15, 0.2) is 51.7 Å². The number of aromatic amines is 1. The van der Waals surface area contributed by atoms with Crippen molar-refractivity contribution in [2.24, 2.45) is 0 Å². The lowest BCUT2D eigenvalue weighted by atomic mass is 10.1. The Hall–Kier alpha value is -2.29. The van der Waals surface area contributed by atoms with E-state index < -0.39 is 0 Å². The molecule has 1 aliphatic rings. The van der Waals surface area contributed by atoms with Crippen molar-refractivity contribution in [1.29, 1.82) is 0 Å². The number of halogens is 1. The highest BCUT2D eigenvalue weighted by atomic mass is 79.9. The van der Waals surface area contributed by atoms with Gasteiger partial charge in [0.05, 0.1) is 17.4 Å². The molecule has 0 spiro atoms. The maximum Gasteiger partial charge on any atom is 0.262 e. The average molecular weight is 501 g/mol. The van der Waals surface area contributed by atoms with Gasteiger partial charge >= 0.3 is 0 Å². The summed E-state index contributed by atoms with van der Waals surface area (Å²) in [4.78, 5) is 31.3. The summed E-state index contributed by atoms with van der Waals surface area (Å²) in [6.45, 7) is 5.25. The topological polar surface area (TPSA) is 70.1 Å². The number of carbonyl (C=O) groups excluding carboxylic acids is 1. The second-order valence-electron chi connectivity index (χ2n) is 7.85. The minimum atomic E-state index is -0.171. The molecule has 4 rings (SSSR count). The SMILES string of the molecule is CCN1CCC[C@@H]1CNC(=O)c1ccc2c(=O)n(Cc3cccc(Br)c3)c(=S)[nH]c2c1. The molecule has 31 heavy (non-hydrogen) atoms. The first-order valence-corrected chi connectivity index (χ1v) is 11.7. The van der Waals surface area contributed by atoms with Gasteiger partial charge < -0.3 is 10.3 Å². The number of H-pyrrole nitrogens is 1. The fourth-order valence-electron chi connectivity index (χ4n) is 4.21.